The number of amides is 1. The van der Waals surface area contributed by atoms with Gasteiger partial charge in [0, 0.05) is 12.1 Å². The maximum Gasteiger partial charge on any atom is 0.335 e. The van der Waals surface area contributed by atoms with E-state index in [0.717, 1.165) is 12.1 Å². The summed E-state index contributed by atoms with van der Waals surface area (Å²) >= 11 is 0. The lowest BCUT2D eigenvalue weighted by atomic mass is 10.1. The van der Waals surface area contributed by atoms with Crippen LogP contribution in [0.4, 0.5) is 8.78 Å². The van der Waals surface area contributed by atoms with Crippen molar-refractivity contribution in [1.29, 1.82) is 0 Å². The van der Waals surface area contributed by atoms with Crippen molar-refractivity contribution < 1.29 is 28.2 Å². The molecule has 0 radical (unpaired) electrons. The Hall–Kier alpha value is -2.80. The zero-order valence-electron chi connectivity index (χ0n) is 13.1. The second-order valence-electron chi connectivity index (χ2n) is 5.67. The third-order valence-corrected chi connectivity index (χ3v) is 4.05. The normalized spacial score (nSPS) is 17.4. The molecule has 1 atom stereocenters. The molecule has 3 rings (SSSR count). The molecule has 2 aromatic carbocycles. The van der Waals surface area contributed by atoms with Gasteiger partial charge < -0.3 is 14.7 Å². The van der Waals surface area contributed by atoms with E-state index in [1.54, 1.807) is 4.90 Å². The fourth-order valence-corrected chi connectivity index (χ4v) is 2.69. The fraction of sp³-hybridized carbons (Fsp3) is 0.222. The van der Waals surface area contributed by atoms with Crippen LogP contribution in [0.5, 0.6) is 0 Å². The molecule has 2 aromatic rings. The van der Waals surface area contributed by atoms with Crippen molar-refractivity contribution in [2.45, 2.75) is 6.10 Å². The number of carboxylic acids is 1. The van der Waals surface area contributed by atoms with E-state index in [0.29, 0.717) is 17.7 Å². The lowest BCUT2D eigenvalue weighted by Crippen LogP contribution is -2.42. The second kappa shape index (κ2) is 6.98. The van der Waals surface area contributed by atoms with Crippen molar-refractivity contribution in [2.75, 3.05) is 19.7 Å². The predicted octanol–water partition coefficient (Wildman–Crippen LogP) is 2.88. The van der Waals surface area contributed by atoms with Crippen LogP contribution in [0.2, 0.25) is 0 Å². The van der Waals surface area contributed by atoms with Gasteiger partial charge in [0.15, 0.2) is 11.6 Å². The minimum atomic E-state index is -1.07. The number of hydrogen-bond donors (Lipinski definition) is 1. The third-order valence-electron chi connectivity index (χ3n) is 4.05. The number of morpholine rings is 1. The van der Waals surface area contributed by atoms with Crippen LogP contribution in [0.1, 0.15) is 32.4 Å². The molecule has 130 valence electrons. The number of aromatic carboxylic acids is 1. The highest BCUT2D eigenvalue weighted by atomic mass is 19.2. The zero-order chi connectivity index (χ0) is 18.0. The van der Waals surface area contributed by atoms with E-state index in [2.05, 4.69) is 0 Å². The van der Waals surface area contributed by atoms with Crippen LogP contribution in [-0.2, 0) is 4.74 Å². The first-order valence-electron chi connectivity index (χ1n) is 7.65. The molecule has 1 N–H and O–H groups in total. The van der Waals surface area contributed by atoms with Crippen molar-refractivity contribution in [1.82, 2.24) is 4.90 Å². The number of benzene rings is 2. The third kappa shape index (κ3) is 3.66. The Kier molecular flexibility index (Phi) is 4.76. The lowest BCUT2D eigenvalue weighted by molar-refractivity contribution is -0.0229. The van der Waals surface area contributed by atoms with Crippen LogP contribution in [0.3, 0.4) is 0 Å². The molecule has 1 aliphatic rings. The molecule has 1 amide bonds. The summed E-state index contributed by atoms with van der Waals surface area (Å²) < 4.78 is 32.0. The quantitative estimate of drug-likeness (QED) is 0.927. The largest absolute Gasteiger partial charge is 0.478 e. The Balaban J connectivity index is 1.75. The van der Waals surface area contributed by atoms with Crippen LogP contribution in [0.25, 0.3) is 0 Å². The summed E-state index contributed by atoms with van der Waals surface area (Å²) in [5.41, 5.74) is 0.909. The molecule has 0 unspecified atom stereocenters. The minimum Gasteiger partial charge on any atom is -0.478 e. The van der Waals surface area contributed by atoms with Gasteiger partial charge in [-0.15, -0.1) is 0 Å². The first-order chi connectivity index (χ1) is 12.0. The van der Waals surface area contributed by atoms with Crippen LogP contribution in [0.15, 0.2) is 42.5 Å². The second-order valence-corrected chi connectivity index (χ2v) is 5.67. The first kappa shape index (κ1) is 17.0. The van der Waals surface area contributed by atoms with Crippen LogP contribution in [-0.4, -0.2) is 41.6 Å². The summed E-state index contributed by atoms with van der Waals surface area (Å²) in [6, 6.07) is 9.15. The summed E-state index contributed by atoms with van der Waals surface area (Å²) in [4.78, 5) is 25.0. The SMILES string of the molecule is O=C(O)c1ccc(C(=O)N2CCO[C@H](c3ccc(F)c(F)c3)C2)cc1. The van der Waals surface area contributed by atoms with Gasteiger partial charge >= 0.3 is 5.97 Å². The molecule has 0 aliphatic carbocycles. The summed E-state index contributed by atoms with van der Waals surface area (Å²) in [6.07, 6.45) is -0.550. The van der Waals surface area contributed by atoms with Crippen molar-refractivity contribution in [3.63, 3.8) is 0 Å². The Morgan fingerprint density at radius 2 is 1.72 bits per heavy atom. The fourth-order valence-electron chi connectivity index (χ4n) is 2.69. The van der Waals surface area contributed by atoms with E-state index >= 15 is 0 Å². The van der Waals surface area contributed by atoms with E-state index < -0.39 is 23.7 Å². The van der Waals surface area contributed by atoms with Gasteiger partial charge in [0.1, 0.15) is 6.10 Å². The molecule has 7 heteroatoms. The molecule has 0 saturated carbocycles. The number of hydrogen-bond acceptors (Lipinski definition) is 3. The highest BCUT2D eigenvalue weighted by molar-refractivity contribution is 5.96. The smallest absolute Gasteiger partial charge is 0.335 e. The standard InChI is InChI=1S/C18H15F2NO4/c19-14-6-5-13(9-15(14)20)16-10-21(7-8-25-16)17(22)11-1-3-12(4-2-11)18(23)24/h1-6,9,16H,7-8,10H2,(H,23,24)/t16-/m0/s1. The van der Waals surface area contributed by atoms with Crippen LogP contribution >= 0.6 is 0 Å². The monoisotopic (exact) mass is 347 g/mol. The number of carbonyl (C=O) groups excluding carboxylic acids is 1. The molecule has 1 saturated heterocycles. The number of carbonyl (C=O) groups is 2. The molecule has 25 heavy (non-hydrogen) atoms. The van der Waals surface area contributed by atoms with Crippen molar-refractivity contribution in [3.05, 3.63) is 70.8 Å². The molecular weight excluding hydrogens is 332 g/mol. The molecule has 1 heterocycles. The lowest BCUT2D eigenvalue weighted by Gasteiger charge is -2.33. The van der Waals surface area contributed by atoms with Gasteiger partial charge in [0.05, 0.1) is 18.7 Å². The van der Waals surface area contributed by atoms with Gasteiger partial charge in [-0.1, -0.05) is 6.07 Å². The van der Waals surface area contributed by atoms with Crippen molar-refractivity contribution >= 4 is 11.9 Å². The van der Waals surface area contributed by atoms with Crippen molar-refractivity contribution in [3.8, 4) is 0 Å². The first-order valence-corrected chi connectivity index (χ1v) is 7.65. The van der Waals surface area contributed by atoms with E-state index in [-0.39, 0.29) is 24.6 Å². The molecule has 1 aliphatic heterocycles. The molecule has 1 fully saturated rings. The topological polar surface area (TPSA) is 66.8 Å². The minimum absolute atomic E-state index is 0.0955. The Morgan fingerprint density at radius 1 is 1.04 bits per heavy atom. The highest BCUT2D eigenvalue weighted by Gasteiger charge is 2.26. The molecular formula is C18H15F2NO4. The number of nitrogens with zero attached hydrogens (tertiary/aromatic N) is 1. The highest BCUT2D eigenvalue weighted by Crippen LogP contribution is 2.24. The van der Waals surface area contributed by atoms with Gasteiger partial charge in [0.25, 0.3) is 5.91 Å². The maximum atomic E-state index is 13.4. The predicted molar refractivity (Wildman–Crippen MR) is 84.4 cm³/mol. The summed E-state index contributed by atoms with van der Waals surface area (Å²) in [5, 5.41) is 8.90. The zero-order valence-corrected chi connectivity index (χ0v) is 13.1. The Bertz CT molecular complexity index is 807. The summed E-state index contributed by atoms with van der Waals surface area (Å²) in [5.74, 6) is -3.24. The van der Waals surface area contributed by atoms with Gasteiger partial charge in [0.2, 0.25) is 0 Å². The number of halogens is 2. The van der Waals surface area contributed by atoms with Gasteiger partial charge in [-0.25, -0.2) is 13.6 Å². The molecule has 5 nitrogen and oxygen atoms in total. The van der Waals surface area contributed by atoms with Crippen molar-refractivity contribution in [2.24, 2.45) is 0 Å². The van der Waals surface area contributed by atoms with E-state index in [1.807, 2.05) is 0 Å². The average Bonchev–Trinajstić information content (AvgIpc) is 2.63. The number of rotatable bonds is 3. The van der Waals surface area contributed by atoms with Crippen LogP contribution < -0.4 is 0 Å². The molecule has 0 spiro atoms. The summed E-state index contributed by atoms with van der Waals surface area (Å²) in [7, 11) is 0. The molecule has 0 aromatic heterocycles. The number of ether oxygens (including phenoxy) is 1. The maximum absolute atomic E-state index is 13.4. The molecule has 0 bridgehead atoms. The van der Waals surface area contributed by atoms with Gasteiger partial charge in [-0.3, -0.25) is 4.79 Å². The van der Waals surface area contributed by atoms with E-state index in [1.165, 1.54) is 30.3 Å². The van der Waals surface area contributed by atoms with Crippen LogP contribution in [0, 0.1) is 11.6 Å². The van der Waals surface area contributed by atoms with E-state index in [4.69, 9.17) is 9.84 Å². The Morgan fingerprint density at radius 3 is 2.36 bits per heavy atom. The number of carboxylic acid groups (broad SMARTS) is 1. The van der Waals surface area contributed by atoms with Gasteiger partial charge in [-0.05, 0) is 42.0 Å². The average molecular weight is 347 g/mol. The summed E-state index contributed by atoms with van der Waals surface area (Å²) in [6.45, 7) is 0.826. The van der Waals surface area contributed by atoms with E-state index in [9.17, 15) is 18.4 Å². The Labute approximate surface area is 142 Å². The van der Waals surface area contributed by atoms with Gasteiger partial charge in [-0.2, -0.15) is 0 Å².